The fourth-order valence-corrected chi connectivity index (χ4v) is 2.78. The summed E-state index contributed by atoms with van der Waals surface area (Å²) >= 11 is 0. The number of methoxy groups -OCH3 is 1. The second-order valence-corrected chi connectivity index (χ2v) is 6.72. The van der Waals surface area contributed by atoms with Crippen LogP contribution in [0, 0.1) is 0 Å². The average molecular weight is 466 g/mol. The molecule has 0 saturated carbocycles. The average Bonchev–Trinajstić information content (AvgIpc) is 3.16. The molecule has 176 valence electrons. The number of halogens is 6. The molecule has 0 fully saturated rings. The molecule has 1 aromatic heterocycles. The number of ether oxygens (including phenoxy) is 1. The highest BCUT2D eigenvalue weighted by Crippen LogP contribution is 2.35. The van der Waals surface area contributed by atoms with Gasteiger partial charge in [0.2, 0.25) is 5.91 Å². The van der Waals surface area contributed by atoms with E-state index >= 15 is 0 Å². The topological polar surface area (TPSA) is 76.5 Å². The fraction of sp³-hybridized carbons (Fsp3) is 0.421. The van der Waals surface area contributed by atoms with Gasteiger partial charge in [-0.2, -0.15) is 31.4 Å². The number of nitrogens with zero attached hydrogens (tertiary/aromatic N) is 3. The van der Waals surface area contributed by atoms with Crippen molar-refractivity contribution >= 4 is 11.8 Å². The Kier molecular flexibility index (Phi) is 7.88. The van der Waals surface area contributed by atoms with Gasteiger partial charge in [-0.25, -0.2) is 4.68 Å². The van der Waals surface area contributed by atoms with Gasteiger partial charge < -0.3 is 15.0 Å². The van der Waals surface area contributed by atoms with Crippen LogP contribution in [0.4, 0.5) is 26.3 Å². The molecule has 0 radical (unpaired) electrons. The predicted molar refractivity (Wildman–Crippen MR) is 100 cm³/mol. The third kappa shape index (κ3) is 6.22. The summed E-state index contributed by atoms with van der Waals surface area (Å²) in [5, 5.41) is 5.98. The lowest BCUT2D eigenvalue weighted by atomic mass is 10.1. The van der Waals surface area contributed by atoms with Crippen molar-refractivity contribution in [3.63, 3.8) is 0 Å². The molecule has 2 aromatic rings. The molecular formula is C19H20F6N4O3. The molecular weight excluding hydrogens is 446 g/mol. The Morgan fingerprint density at radius 2 is 1.84 bits per heavy atom. The number of nitrogens with one attached hydrogen (secondary N) is 1. The molecule has 0 bridgehead atoms. The molecule has 0 unspecified atom stereocenters. The zero-order valence-electron chi connectivity index (χ0n) is 17.0. The standard InChI is InChI=1S/C19H20F6N4O3/c1-28(11-15(30)26-7-4-8-32-2)17(31)14-10-27-29(16(14)19(23,24)25)13-6-3-5-12(9-13)18(20,21)22/h3,5-6,9-10H,4,7-8,11H2,1-2H3,(H,26,30). The van der Waals surface area contributed by atoms with Crippen molar-refractivity contribution in [3.8, 4) is 5.69 Å². The van der Waals surface area contributed by atoms with Crippen molar-refractivity contribution < 1.29 is 40.7 Å². The first kappa shape index (κ1) is 25.2. The van der Waals surface area contributed by atoms with Crippen LogP contribution in [0.3, 0.4) is 0 Å². The first-order valence-corrected chi connectivity index (χ1v) is 9.20. The highest BCUT2D eigenvalue weighted by Gasteiger charge is 2.41. The van der Waals surface area contributed by atoms with Gasteiger partial charge in [0, 0.05) is 27.3 Å². The quantitative estimate of drug-likeness (QED) is 0.479. The van der Waals surface area contributed by atoms with Crippen LogP contribution in [0.2, 0.25) is 0 Å². The number of alkyl halides is 6. The first-order chi connectivity index (χ1) is 14.9. The second kappa shape index (κ2) is 10.0. The van der Waals surface area contributed by atoms with E-state index in [0.717, 1.165) is 24.1 Å². The molecule has 2 rings (SSSR count). The van der Waals surface area contributed by atoms with Crippen LogP contribution in [-0.4, -0.2) is 60.3 Å². The van der Waals surface area contributed by atoms with Crippen molar-refractivity contribution in [2.75, 3.05) is 33.9 Å². The van der Waals surface area contributed by atoms with Crippen LogP contribution >= 0.6 is 0 Å². The first-order valence-electron chi connectivity index (χ1n) is 9.20. The summed E-state index contributed by atoms with van der Waals surface area (Å²) in [5.74, 6) is -1.77. The number of aromatic nitrogens is 2. The maximum absolute atomic E-state index is 13.7. The number of hydrogen-bond acceptors (Lipinski definition) is 4. The van der Waals surface area contributed by atoms with Gasteiger partial charge in [-0.1, -0.05) is 6.07 Å². The van der Waals surface area contributed by atoms with Crippen LogP contribution in [0.1, 0.15) is 28.0 Å². The minimum Gasteiger partial charge on any atom is -0.385 e. The Hall–Kier alpha value is -3.09. The van der Waals surface area contributed by atoms with Crippen LogP contribution in [0.25, 0.3) is 5.69 Å². The number of rotatable bonds is 8. The van der Waals surface area contributed by atoms with Crippen molar-refractivity contribution in [2.24, 2.45) is 0 Å². The van der Waals surface area contributed by atoms with E-state index < -0.39 is 53.2 Å². The minimum absolute atomic E-state index is 0.223. The highest BCUT2D eigenvalue weighted by molar-refractivity contribution is 5.97. The summed E-state index contributed by atoms with van der Waals surface area (Å²) in [6.45, 7) is 0.104. The van der Waals surface area contributed by atoms with Crippen molar-refractivity contribution in [1.82, 2.24) is 20.0 Å². The lowest BCUT2D eigenvalue weighted by molar-refractivity contribution is -0.143. The Balaban J connectivity index is 2.31. The number of hydrogen-bond donors (Lipinski definition) is 1. The van der Waals surface area contributed by atoms with Gasteiger partial charge in [-0.15, -0.1) is 0 Å². The normalized spacial score (nSPS) is 12.0. The molecule has 0 saturated heterocycles. The Bertz CT molecular complexity index is 955. The summed E-state index contributed by atoms with van der Waals surface area (Å²) in [4.78, 5) is 25.2. The summed E-state index contributed by atoms with van der Waals surface area (Å²) < 4.78 is 85.1. The molecule has 0 spiro atoms. The summed E-state index contributed by atoms with van der Waals surface area (Å²) in [7, 11) is 2.60. The monoisotopic (exact) mass is 466 g/mol. The van der Waals surface area contributed by atoms with E-state index in [1.807, 2.05) is 0 Å². The van der Waals surface area contributed by atoms with Crippen LogP contribution in [0.5, 0.6) is 0 Å². The van der Waals surface area contributed by atoms with E-state index in [1.54, 1.807) is 0 Å². The maximum atomic E-state index is 13.7. The molecule has 2 amide bonds. The third-order valence-corrected chi connectivity index (χ3v) is 4.26. The van der Waals surface area contributed by atoms with E-state index in [0.29, 0.717) is 31.4 Å². The molecule has 7 nitrogen and oxygen atoms in total. The zero-order valence-corrected chi connectivity index (χ0v) is 17.0. The van der Waals surface area contributed by atoms with Gasteiger partial charge in [-0.3, -0.25) is 9.59 Å². The Morgan fingerprint density at radius 3 is 2.44 bits per heavy atom. The minimum atomic E-state index is -5.11. The van der Waals surface area contributed by atoms with E-state index in [2.05, 4.69) is 10.4 Å². The van der Waals surface area contributed by atoms with Crippen LogP contribution in [-0.2, 0) is 21.9 Å². The number of benzene rings is 1. The van der Waals surface area contributed by atoms with Crippen LogP contribution < -0.4 is 5.32 Å². The molecule has 32 heavy (non-hydrogen) atoms. The predicted octanol–water partition coefficient (Wildman–Crippen LogP) is 3.13. The highest BCUT2D eigenvalue weighted by atomic mass is 19.4. The van der Waals surface area contributed by atoms with Gasteiger partial charge >= 0.3 is 12.4 Å². The molecule has 0 aliphatic heterocycles. The molecule has 0 atom stereocenters. The molecule has 1 aromatic carbocycles. The fourth-order valence-electron chi connectivity index (χ4n) is 2.78. The zero-order chi connectivity index (χ0) is 24.1. The smallest absolute Gasteiger partial charge is 0.385 e. The molecule has 0 aliphatic rings. The number of carbonyl (C=O) groups is 2. The van der Waals surface area contributed by atoms with Gasteiger partial charge in [-0.05, 0) is 24.6 Å². The van der Waals surface area contributed by atoms with E-state index in [9.17, 15) is 35.9 Å². The van der Waals surface area contributed by atoms with E-state index in [-0.39, 0.29) is 11.2 Å². The Morgan fingerprint density at radius 1 is 1.16 bits per heavy atom. The van der Waals surface area contributed by atoms with Gasteiger partial charge in [0.25, 0.3) is 5.91 Å². The van der Waals surface area contributed by atoms with Crippen molar-refractivity contribution in [1.29, 1.82) is 0 Å². The largest absolute Gasteiger partial charge is 0.434 e. The summed E-state index contributed by atoms with van der Waals surface area (Å²) in [6.07, 6.45) is -8.78. The third-order valence-electron chi connectivity index (χ3n) is 4.26. The van der Waals surface area contributed by atoms with E-state index in [1.165, 1.54) is 7.11 Å². The lowest BCUT2D eigenvalue weighted by Gasteiger charge is -2.18. The Labute approximate surface area is 178 Å². The van der Waals surface area contributed by atoms with Gasteiger partial charge in [0.05, 0.1) is 29.6 Å². The van der Waals surface area contributed by atoms with Crippen molar-refractivity contribution in [3.05, 3.63) is 47.3 Å². The molecule has 1 N–H and O–H groups in total. The van der Waals surface area contributed by atoms with Crippen molar-refractivity contribution in [2.45, 2.75) is 18.8 Å². The molecule has 0 aliphatic carbocycles. The number of amides is 2. The lowest BCUT2D eigenvalue weighted by Crippen LogP contribution is -2.39. The number of carbonyl (C=O) groups excluding carboxylic acids is 2. The number of likely N-dealkylation sites (N-methyl/N-ethyl adjacent to an activating group) is 1. The molecule has 1 heterocycles. The molecule has 13 heteroatoms. The van der Waals surface area contributed by atoms with Crippen LogP contribution in [0.15, 0.2) is 30.5 Å². The van der Waals surface area contributed by atoms with Gasteiger partial charge in [0.15, 0.2) is 5.69 Å². The SMILES string of the molecule is COCCCNC(=O)CN(C)C(=O)c1cnn(-c2cccc(C(F)(F)F)c2)c1C(F)(F)F. The second-order valence-electron chi connectivity index (χ2n) is 6.72. The van der Waals surface area contributed by atoms with E-state index in [4.69, 9.17) is 4.74 Å². The maximum Gasteiger partial charge on any atom is 0.434 e. The summed E-state index contributed by atoms with van der Waals surface area (Å²) in [6, 6.07) is 3.13. The van der Waals surface area contributed by atoms with Gasteiger partial charge in [0.1, 0.15) is 0 Å². The summed E-state index contributed by atoms with van der Waals surface area (Å²) in [5.41, 5.74) is -4.14.